The number of ether oxygens (including phenoxy) is 2. The van der Waals surface area contributed by atoms with Crippen LogP contribution in [0.2, 0.25) is 5.02 Å². The van der Waals surface area contributed by atoms with E-state index in [0.717, 1.165) is 5.01 Å². The maximum atomic E-state index is 12.3. The summed E-state index contributed by atoms with van der Waals surface area (Å²) in [7, 11) is 0. The third-order valence-corrected chi connectivity index (χ3v) is 5.24. The molecule has 2 aromatic carbocycles. The molecule has 1 aliphatic rings. The summed E-state index contributed by atoms with van der Waals surface area (Å²) in [6, 6.07) is 12.2. The van der Waals surface area contributed by atoms with Crippen LogP contribution in [0.4, 0.5) is 5.69 Å². The number of anilines is 1. The van der Waals surface area contributed by atoms with E-state index in [1.165, 1.54) is 36.4 Å². The monoisotopic (exact) mass is 501 g/mol. The first kappa shape index (κ1) is 25.7. The average Bonchev–Trinajstić information content (AvgIpc) is 3.21. The molecule has 184 valence electrons. The first-order chi connectivity index (χ1) is 16.8. The Morgan fingerprint density at radius 3 is 2.31 bits per heavy atom. The number of hydrogen-bond acceptors (Lipinski definition) is 7. The molecule has 11 heteroatoms. The van der Waals surface area contributed by atoms with E-state index >= 15 is 0 Å². The maximum absolute atomic E-state index is 12.3. The molecular weight excluding hydrogens is 478 g/mol. The molecule has 1 saturated heterocycles. The van der Waals surface area contributed by atoms with Gasteiger partial charge in [-0.15, -0.1) is 0 Å². The summed E-state index contributed by atoms with van der Waals surface area (Å²) in [6.45, 7) is 1.58. The predicted octanol–water partition coefficient (Wildman–Crippen LogP) is 2.58. The van der Waals surface area contributed by atoms with Crippen molar-refractivity contribution in [2.75, 3.05) is 25.1 Å². The van der Waals surface area contributed by atoms with Gasteiger partial charge in [-0.1, -0.05) is 18.5 Å². The molecule has 35 heavy (non-hydrogen) atoms. The van der Waals surface area contributed by atoms with Crippen LogP contribution >= 0.6 is 11.6 Å². The van der Waals surface area contributed by atoms with E-state index in [2.05, 4.69) is 10.7 Å². The molecule has 0 radical (unpaired) electrons. The van der Waals surface area contributed by atoms with Crippen molar-refractivity contribution in [1.82, 2.24) is 10.4 Å². The highest BCUT2D eigenvalue weighted by molar-refractivity contribution is 6.30. The number of amides is 3. The lowest BCUT2D eigenvalue weighted by Crippen LogP contribution is -2.43. The summed E-state index contributed by atoms with van der Waals surface area (Å²) in [5.41, 5.74) is 3.51. The Hall–Kier alpha value is -3.92. The van der Waals surface area contributed by atoms with Crippen LogP contribution in [0.1, 0.15) is 40.5 Å². The highest BCUT2D eigenvalue weighted by Gasteiger charge is 2.36. The van der Waals surface area contributed by atoms with Gasteiger partial charge in [0.05, 0.1) is 24.6 Å². The Morgan fingerprint density at radius 2 is 1.66 bits per heavy atom. The molecule has 10 nitrogen and oxygen atoms in total. The van der Waals surface area contributed by atoms with Gasteiger partial charge >= 0.3 is 11.9 Å². The Labute approximate surface area is 206 Å². The van der Waals surface area contributed by atoms with Gasteiger partial charge in [0.25, 0.3) is 11.8 Å². The van der Waals surface area contributed by atoms with Crippen LogP contribution in [-0.4, -0.2) is 54.4 Å². The van der Waals surface area contributed by atoms with Crippen LogP contribution < -0.4 is 10.7 Å². The van der Waals surface area contributed by atoms with Crippen molar-refractivity contribution >= 4 is 46.9 Å². The van der Waals surface area contributed by atoms with Crippen molar-refractivity contribution in [1.29, 1.82) is 0 Å². The van der Waals surface area contributed by atoms with Crippen LogP contribution in [0.25, 0.3) is 0 Å². The Morgan fingerprint density at radius 1 is 1.00 bits per heavy atom. The third-order valence-electron chi connectivity index (χ3n) is 4.99. The molecule has 0 unspecified atom stereocenters. The Kier molecular flexibility index (Phi) is 8.80. The van der Waals surface area contributed by atoms with Crippen LogP contribution in [0.5, 0.6) is 0 Å². The average molecular weight is 502 g/mol. The molecule has 0 saturated carbocycles. The fraction of sp³-hybridized carbons (Fsp3) is 0.292. The lowest BCUT2D eigenvalue weighted by Gasteiger charge is -2.17. The minimum absolute atomic E-state index is 0.0752. The quantitative estimate of drug-likeness (QED) is 0.505. The second kappa shape index (κ2) is 12.0. The van der Waals surface area contributed by atoms with E-state index < -0.39 is 42.2 Å². The van der Waals surface area contributed by atoms with Crippen molar-refractivity contribution in [3.63, 3.8) is 0 Å². The summed E-state index contributed by atoms with van der Waals surface area (Å²) in [5, 5.41) is 4.07. The number of esters is 2. The highest BCUT2D eigenvalue weighted by atomic mass is 35.5. The van der Waals surface area contributed by atoms with Gasteiger partial charge in [-0.05, 0) is 55.0 Å². The normalized spacial score (nSPS) is 14.9. The van der Waals surface area contributed by atoms with Crippen molar-refractivity contribution in [2.24, 2.45) is 5.92 Å². The molecule has 1 atom stereocenters. The number of nitrogens with zero attached hydrogens (tertiary/aromatic N) is 1. The highest BCUT2D eigenvalue weighted by Crippen LogP contribution is 2.18. The van der Waals surface area contributed by atoms with Gasteiger partial charge < -0.3 is 14.8 Å². The number of benzene rings is 2. The van der Waals surface area contributed by atoms with Crippen LogP contribution in [-0.2, 0) is 23.9 Å². The lowest BCUT2D eigenvalue weighted by atomic mass is 10.1. The van der Waals surface area contributed by atoms with Gasteiger partial charge in [-0.25, -0.2) is 4.79 Å². The molecule has 0 spiro atoms. The van der Waals surface area contributed by atoms with E-state index in [9.17, 15) is 24.0 Å². The van der Waals surface area contributed by atoms with Crippen molar-refractivity contribution in [3.05, 3.63) is 64.7 Å². The fourth-order valence-electron chi connectivity index (χ4n) is 3.18. The molecule has 0 aromatic heterocycles. The zero-order chi connectivity index (χ0) is 25.4. The number of hydrogen-bond donors (Lipinski definition) is 2. The van der Waals surface area contributed by atoms with Gasteiger partial charge in [0.1, 0.15) is 0 Å². The number of carbonyl (C=O) groups excluding carboxylic acids is 5. The second-order valence-electron chi connectivity index (χ2n) is 7.72. The smallest absolute Gasteiger partial charge is 0.338 e. The lowest BCUT2D eigenvalue weighted by molar-refractivity contribution is -0.151. The molecule has 3 rings (SSSR count). The van der Waals surface area contributed by atoms with E-state index in [1.807, 2.05) is 6.92 Å². The SMILES string of the molecule is CCCOC(=O)c1ccc(NC(=O)COC(=O)[C@@H]2CC(=O)N(NC(=O)c3ccc(Cl)cc3)C2)cc1. The Bertz CT molecular complexity index is 1100. The van der Waals surface area contributed by atoms with Crippen molar-refractivity contribution in [2.45, 2.75) is 19.8 Å². The number of halogens is 1. The molecule has 1 fully saturated rings. The summed E-state index contributed by atoms with van der Waals surface area (Å²) in [4.78, 5) is 60.7. The van der Waals surface area contributed by atoms with Gasteiger partial charge in [-0.3, -0.25) is 29.6 Å². The molecule has 1 heterocycles. The fourth-order valence-corrected chi connectivity index (χ4v) is 3.31. The first-order valence-corrected chi connectivity index (χ1v) is 11.2. The van der Waals surface area contributed by atoms with Crippen LogP contribution in [0.15, 0.2) is 48.5 Å². The molecule has 0 bridgehead atoms. The van der Waals surface area contributed by atoms with Crippen LogP contribution in [0, 0.1) is 5.92 Å². The molecular formula is C24H24ClN3O7. The van der Waals surface area contributed by atoms with E-state index in [0.29, 0.717) is 34.9 Å². The van der Waals surface area contributed by atoms with Crippen LogP contribution in [0.3, 0.4) is 0 Å². The predicted molar refractivity (Wildman–Crippen MR) is 125 cm³/mol. The van der Waals surface area contributed by atoms with Crippen molar-refractivity contribution in [3.8, 4) is 0 Å². The third kappa shape index (κ3) is 7.28. The zero-order valence-corrected chi connectivity index (χ0v) is 19.7. The number of hydrazine groups is 1. The van der Waals surface area contributed by atoms with Gasteiger partial charge in [0.2, 0.25) is 5.91 Å². The summed E-state index contributed by atoms with van der Waals surface area (Å²) in [6.07, 6.45) is 0.556. The molecule has 2 aromatic rings. The van der Waals surface area contributed by atoms with Gasteiger partial charge in [0, 0.05) is 22.7 Å². The number of rotatable bonds is 9. The summed E-state index contributed by atoms with van der Waals surface area (Å²) >= 11 is 5.80. The van der Waals surface area contributed by atoms with Crippen molar-refractivity contribution < 1.29 is 33.4 Å². The molecule has 1 aliphatic heterocycles. The largest absolute Gasteiger partial charge is 0.462 e. The summed E-state index contributed by atoms with van der Waals surface area (Å²) < 4.78 is 10.1. The minimum atomic E-state index is -0.825. The number of carbonyl (C=O) groups is 5. The standard InChI is InChI=1S/C24H24ClN3O7/c1-2-11-34-23(32)16-5-9-19(10-6-16)26-20(29)14-35-24(33)17-12-21(30)28(13-17)27-22(31)15-3-7-18(25)8-4-15/h3-10,17H,2,11-14H2,1H3,(H,26,29)(H,27,31)/t17-/m1/s1. The Balaban J connectivity index is 1.44. The minimum Gasteiger partial charge on any atom is -0.462 e. The zero-order valence-electron chi connectivity index (χ0n) is 18.9. The molecule has 2 N–H and O–H groups in total. The molecule has 0 aliphatic carbocycles. The first-order valence-electron chi connectivity index (χ1n) is 10.9. The van der Waals surface area contributed by atoms with E-state index in [1.54, 1.807) is 12.1 Å². The van der Waals surface area contributed by atoms with Gasteiger partial charge in [0.15, 0.2) is 6.61 Å². The van der Waals surface area contributed by atoms with Gasteiger partial charge in [-0.2, -0.15) is 0 Å². The topological polar surface area (TPSA) is 131 Å². The number of nitrogens with one attached hydrogen (secondary N) is 2. The molecule has 3 amide bonds. The van der Waals surface area contributed by atoms with E-state index in [-0.39, 0.29) is 13.0 Å². The summed E-state index contributed by atoms with van der Waals surface area (Å²) in [5.74, 6) is -3.57. The maximum Gasteiger partial charge on any atom is 0.338 e. The second-order valence-corrected chi connectivity index (χ2v) is 8.16. The van der Waals surface area contributed by atoms with E-state index in [4.69, 9.17) is 21.1 Å².